The summed E-state index contributed by atoms with van der Waals surface area (Å²) in [6.07, 6.45) is 13.0. The molecule has 0 saturated heterocycles. The van der Waals surface area contributed by atoms with Gasteiger partial charge in [-0.3, -0.25) is 0 Å². The van der Waals surface area contributed by atoms with Crippen LogP contribution in [0.4, 0.5) is 0 Å². The summed E-state index contributed by atoms with van der Waals surface area (Å²) in [5.41, 5.74) is 1.42. The second kappa shape index (κ2) is 5.75. The second-order valence-electron chi connectivity index (χ2n) is 4.52. The van der Waals surface area contributed by atoms with Gasteiger partial charge in [-0.15, -0.1) is 0 Å². The van der Waals surface area contributed by atoms with Gasteiger partial charge < -0.3 is 0 Å². The molecule has 0 bridgehead atoms. The van der Waals surface area contributed by atoms with Crippen LogP contribution < -0.4 is 0 Å². The van der Waals surface area contributed by atoms with Gasteiger partial charge in [-0.05, 0) is 30.7 Å². The van der Waals surface area contributed by atoms with Crippen LogP contribution in [0.25, 0.3) is 0 Å². The van der Waals surface area contributed by atoms with Crippen molar-refractivity contribution in [2.45, 2.75) is 38.5 Å². The van der Waals surface area contributed by atoms with Gasteiger partial charge in [-0.25, -0.2) is 0 Å². The largest absolute Gasteiger partial charge is 0.0851 e. The number of rotatable bonds is 3. The van der Waals surface area contributed by atoms with Crippen molar-refractivity contribution in [2.24, 2.45) is 5.92 Å². The SMILES string of the molecule is C(=C/C1CCCCC1)/Cc1ccccc1. The third-order valence-corrected chi connectivity index (χ3v) is 3.25. The lowest BCUT2D eigenvalue weighted by molar-refractivity contribution is 0.419. The zero-order chi connectivity index (χ0) is 10.3. The van der Waals surface area contributed by atoms with Gasteiger partial charge in [0.1, 0.15) is 0 Å². The molecule has 0 radical (unpaired) electrons. The Morgan fingerprint density at radius 3 is 2.47 bits per heavy atom. The number of allylic oxidation sites excluding steroid dienone is 2. The number of benzene rings is 1. The molecule has 0 heteroatoms. The summed E-state index contributed by atoms with van der Waals surface area (Å²) in [4.78, 5) is 0. The van der Waals surface area contributed by atoms with E-state index in [1.54, 1.807) is 0 Å². The van der Waals surface area contributed by atoms with E-state index in [4.69, 9.17) is 0 Å². The number of hydrogen-bond acceptors (Lipinski definition) is 0. The lowest BCUT2D eigenvalue weighted by Gasteiger charge is -2.17. The van der Waals surface area contributed by atoms with Crippen LogP contribution in [0.3, 0.4) is 0 Å². The molecule has 80 valence electrons. The first-order valence-electron chi connectivity index (χ1n) is 6.16. The highest BCUT2D eigenvalue weighted by atomic mass is 14.1. The van der Waals surface area contributed by atoms with Crippen LogP contribution in [0.5, 0.6) is 0 Å². The molecule has 15 heavy (non-hydrogen) atoms. The molecule has 1 aliphatic carbocycles. The summed E-state index contributed by atoms with van der Waals surface area (Å²) in [5.74, 6) is 0.863. The zero-order valence-corrected chi connectivity index (χ0v) is 9.36. The van der Waals surface area contributed by atoms with Crippen LogP contribution >= 0.6 is 0 Å². The van der Waals surface area contributed by atoms with Gasteiger partial charge in [0, 0.05) is 0 Å². The Morgan fingerprint density at radius 1 is 1.00 bits per heavy atom. The lowest BCUT2D eigenvalue weighted by atomic mass is 9.89. The van der Waals surface area contributed by atoms with Gasteiger partial charge in [0.15, 0.2) is 0 Å². The molecule has 1 aromatic rings. The van der Waals surface area contributed by atoms with Crippen molar-refractivity contribution >= 4 is 0 Å². The average Bonchev–Trinajstić information content (AvgIpc) is 2.32. The Balaban J connectivity index is 1.79. The van der Waals surface area contributed by atoms with Crippen molar-refractivity contribution in [3.63, 3.8) is 0 Å². The Kier molecular flexibility index (Phi) is 4.01. The minimum atomic E-state index is 0.863. The summed E-state index contributed by atoms with van der Waals surface area (Å²) >= 11 is 0. The van der Waals surface area contributed by atoms with E-state index in [0.29, 0.717) is 0 Å². The molecule has 0 aliphatic heterocycles. The van der Waals surface area contributed by atoms with Gasteiger partial charge in [-0.1, -0.05) is 61.7 Å². The van der Waals surface area contributed by atoms with Gasteiger partial charge in [-0.2, -0.15) is 0 Å². The van der Waals surface area contributed by atoms with E-state index in [-0.39, 0.29) is 0 Å². The Bertz CT molecular complexity index is 291. The van der Waals surface area contributed by atoms with E-state index in [0.717, 1.165) is 12.3 Å². The Hall–Kier alpha value is -1.04. The standard InChI is InChI=1S/C15H20/c1-3-8-14(9-4-1)12-7-13-15-10-5-2-6-11-15/h1,3-4,7-9,13,15H,2,5-6,10-12H2/b13-7-. The van der Waals surface area contributed by atoms with Crippen molar-refractivity contribution in [3.05, 3.63) is 48.0 Å². The predicted octanol–water partition coefficient (Wildman–Crippen LogP) is 4.37. The third kappa shape index (κ3) is 3.54. The summed E-state index contributed by atoms with van der Waals surface area (Å²) in [7, 11) is 0. The lowest BCUT2D eigenvalue weighted by Crippen LogP contribution is -2.02. The fourth-order valence-corrected chi connectivity index (χ4v) is 2.34. The molecular formula is C15H20. The minimum absolute atomic E-state index is 0.863. The highest BCUT2D eigenvalue weighted by Crippen LogP contribution is 2.24. The normalized spacial score (nSPS) is 18.4. The van der Waals surface area contributed by atoms with Gasteiger partial charge in [0.05, 0.1) is 0 Å². The monoisotopic (exact) mass is 200 g/mol. The highest BCUT2D eigenvalue weighted by Gasteiger charge is 2.09. The molecule has 0 aromatic heterocycles. The van der Waals surface area contributed by atoms with Crippen LogP contribution in [0.2, 0.25) is 0 Å². The van der Waals surface area contributed by atoms with Crippen molar-refractivity contribution in [1.82, 2.24) is 0 Å². The van der Waals surface area contributed by atoms with E-state index in [1.807, 2.05) is 0 Å². The van der Waals surface area contributed by atoms with E-state index >= 15 is 0 Å². The van der Waals surface area contributed by atoms with Gasteiger partial charge in [0.25, 0.3) is 0 Å². The highest BCUT2D eigenvalue weighted by molar-refractivity contribution is 5.17. The topological polar surface area (TPSA) is 0 Å². The molecular weight excluding hydrogens is 180 g/mol. The molecule has 1 fully saturated rings. The first-order chi connectivity index (χ1) is 7.45. The molecule has 1 saturated carbocycles. The number of hydrogen-bond donors (Lipinski definition) is 0. The second-order valence-corrected chi connectivity index (χ2v) is 4.52. The summed E-state index contributed by atoms with van der Waals surface area (Å²) < 4.78 is 0. The van der Waals surface area contributed by atoms with E-state index in [2.05, 4.69) is 42.5 Å². The molecule has 0 nitrogen and oxygen atoms in total. The quantitative estimate of drug-likeness (QED) is 0.636. The molecule has 0 heterocycles. The van der Waals surface area contributed by atoms with Crippen LogP contribution in [0, 0.1) is 5.92 Å². The Labute approximate surface area is 93.0 Å². The summed E-state index contributed by atoms with van der Waals surface area (Å²) in [6, 6.07) is 10.7. The van der Waals surface area contributed by atoms with Crippen LogP contribution in [-0.2, 0) is 6.42 Å². The maximum absolute atomic E-state index is 2.44. The van der Waals surface area contributed by atoms with Crippen molar-refractivity contribution < 1.29 is 0 Å². The molecule has 0 amide bonds. The zero-order valence-electron chi connectivity index (χ0n) is 9.36. The molecule has 1 aromatic carbocycles. The van der Waals surface area contributed by atoms with Crippen LogP contribution in [0.15, 0.2) is 42.5 Å². The van der Waals surface area contributed by atoms with Crippen molar-refractivity contribution in [1.29, 1.82) is 0 Å². The molecule has 0 unspecified atom stereocenters. The molecule has 0 spiro atoms. The maximum atomic E-state index is 2.44. The van der Waals surface area contributed by atoms with E-state index in [1.165, 1.54) is 37.7 Å². The van der Waals surface area contributed by atoms with Gasteiger partial charge >= 0.3 is 0 Å². The Morgan fingerprint density at radius 2 is 1.73 bits per heavy atom. The fourth-order valence-electron chi connectivity index (χ4n) is 2.34. The van der Waals surface area contributed by atoms with E-state index < -0.39 is 0 Å². The minimum Gasteiger partial charge on any atom is -0.0851 e. The predicted molar refractivity (Wildman–Crippen MR) is 65.9 cm³/mol. The first kappa shape index (κ1) is 10.5. The van der Waals surface area contributed by atoms with E-state index in [9.17, 15) is 0 Å². The molecule has 0 atom stereocenters. The molecule has 0 N–H and O–H groups in total. The molecule has 2 rings (SSSR count). The van der Waals surface area contributed by atoms with Crippen molar-refractivity contribution in [2.75, 3.05) is 0 Å². The summed E-state index contributed by atoms with van der Waals surface area (Å²) in [5, 5.41) is 0. The third-order valence-electron chi connectivity index (χ3n) is 3.25. The fraction of sp³-hybridized carbons (Fsp3) is 0.467. The van der Waals surface area contributed by atoms with Gasteiger partial charge in [0.2, 0.25) is 0 Å². The summed E-state index contributed by atoms with van der Waals surface area (Å²) in [6.45, 7) is 0. The first-order valence-corrected chi connectivity index (χ1v) is 6.16. The van der Waals surface area contributed by atoms with Crippen LogP contribution in [0.1, 0.15) is 37.7 Å². The van der Waals surface area contributed by atoms with Crippen molar-refractivity contribution in [3.8, 4) is 0 Å². The smallest absolute Gasteiger partial charge is 0.00974 e. The molecule has 1 aliphatic rings. The average molecular weight is 200 g/mol. The maximum Gasteiger partial charge on any atom is -0.00974 e. The van der Waals surface area contributed by atoms with Crippen LogP contribution in [-0.4, -0.2) is 0 Å².